The van der Waals surface area contributed by atoms with Gasteiger partial charge in [-0.2, -0.15) is 5.10 Å². The van der Waals surface area contributed by atoms with E-state index in [-0.39, 0.29) is 11.9 Å². The molecule has 0 bridgehead atoms. The zero-order valence-corrected chi connectivity index (χ0v) is 9.30. The summed E-state index contributed by atoms with van der Waals surface area (Å²) in [4.78, 5) is 11.8. The summed E-state index contributed by atoms with van der Waals surface area (Å²) in [5, 5.41) is 7.22. The molecule has 0 aliphatic carbocycles. The van der Waals surface area contributed by atoms with Crippen LogP contribution in [0.15, 0.2) is 35.3 Å². The second kappa shape index (κ2) is 4.08. The number of nitrogens with zero attached hydrogens (tertiary/aromatic N) is 2. The summed E-state index contributed by atoms with van der Waals surface area (Å²) in [6, 6.07) is 3.85. The Morgan fingerprint density at radius 3 is 3.29 bits per heavy atom. The first-order chi connectivity index (χ1) is 8.33. The Morgan fingerprint density at radius 1 is 1.53 bits per heavy atom. The molecule has 0 saturated carbocycles. The van der Waals surface area contributed by atoms with Crippen LogP contribution in [0.5, 0.6) is 0 Å². The van der Waals surface area contributed by atoms with Gasteiger partial charge in [-0.25, -0.2) is 0 Å². The van der Waals surface area contributed by atoms with Gasteiger partial charge in [0.25, 0.3) is 5.91 Å². The smallest absolute Gasteiger partial charge is 0.254 e. The molecule has 1 aliphatic heterocycles. The number of aromatic nitrogens is 2. The van der Waals surface area contributed by atoms with E-state index in [1.54, 1.807) is 12.3 Å². The summed E-state index contributed by atoms with van der Waals surface area (Å²) >= 11 is 0. The van der Waals surface area contributed by atoms with E-state index in [9.17, 15) is 4.79 Å². The number of carbonyl (C=O) groups excluding carboxylic acids is 1. The summed E-state index contributed by atoms with van der Waals surface area (Å²) in [6.07, 6.45) is 6.52. The lowest BCUT2D eigenvalue weighted by Crippen LogP contribution is -2.40. The summed E-state index contributed by atoms with van der Waals surface area (Å²) in [5.74, 6) is -0.0725. The van der Waals surface area contributed by atoms with Crippen molar-refractivity contribution >= 4 is 5.91 Å². The van der Waals surface area contributed by atoms with E-state index in [0.29, 0.717) is 5.56 Å². The Hall–Kier alpha value is -2.04. The van der Waals surface area contributed by atoms with Crippen LogP contribution in [0, 0.1) is 0 Å². The molecule has 0 fully saturated rings. The Morgan fingerprint density at radius 2 is 2.47 bits per heavy atom. The van der Waals surface area contributed by atoms with E-state index in [1.807, 2.05) is 10.7 Å². The fourth-order valence-corrected chi connectivity index (χ4v) is 2.15. The van der Waals surface area contributed by atoms with Crippen LogP contribution in [0.3, 0.4) is 0 Å². The lowest BCUT2D eigenvalue weighted by atomic mass is 10.0. The molecular weight excluding hydrogens is 218 g/mol. The Balaban J connectivity index is 1.66. The van der Waals surface area contributed by atoms with Crippen molar-refractivity contribution in [3.63, 3.8) is 0 Å². The van der Waals surface area contributed by atoms with Gasteiger partial charge < -0.3 is 9.73 Å². The number of hydrogen-bond acceptors (Lipinski definition) is 3. The summed E-state index contributed by atoms with van der Waals surface area (Å²) < 4.78 is 6.88. The van der Waals surface area contributed by atoms with Crippen molar-refractivity contribution in [3.05, 3.63) is 42.1 Å². The van der Waals surface area contributed by atoms with Crippen molar-refractivity contribution in [3.8, 4) is 0 Å². The molecule has 0 unspecified atom stereocenters. The standard InChI is InChI=1S/C12H13N3O2/c16-12(9-3-6-17-8-9)14-10-2-5-15-11(7-10)1-4-13-15/h1,3-4,6,8,10H,2,5,7H2,(H,14,16)/t10-/m1/s1. The van der Waals surface area contributed by atoms with Crippen LogP contribution in [0.2, 0.25) is 0 Å². The van der Waals surface area contributed by atoms with Crippen LogP contribution >= 0.6 is 0 Å². The molecule has 2 aromatic heterocycles. The Bertz CT molecular complexity index is 516. The van der Waals surface area contributed by atoms with Crippen molar-refractivity contribution < 1.29 is 9.21 Å². The minimum Gasteiger partial charge on any atom is -0.472 e. The molecule has 88 valence electrons. The van der Waals surface area contributed by atoms with Crippen LogP contribution in [0.4, 0.5) is 0 Å². The predicted octanol–water partition coefficient (Wildman–Crippen LogP) is 1.22. The van der Waals surface area contributed by atoms with Gasteiger partial charge in [0.05, 0.1) is 11.8 Å². The molecule has 0 radical (unpaired) electrons. The quantitative estimate of drug-likeness (QED) is 0.845. The van der Waals surface area contributed by atoms with E-state index in [4.69, 9.17) is 4.42 Å². The fourth-order valence-electron chi connectivity index (χ4n) is 2.15. The van der Waals surface area contributed by atoms with Crippen LogP contribution in [-0.2, 0) is 13.0 Å². The topological polar surface area (TPSA) is 60.1 Å². The number of amides is 1. The molecule has 3 rings (SSSR count). The largest absolute Gasteiger partial charge is 0.472 e. The maximum Gasteiger partial charge on any atom is 0.254 e. The van der Waals surface area contributed by atoms with Gasteiger partial charge in [0, 0.05) is 30.9 Å². The van der Waals surface area contributed by atoms with Gasteiger partial charge >= 0.3 is 0 Å². The van der Waals surface area contributed by atoms with Gasteiger partial charge in [-0.15, -0.1) is 0 Å². The summed E-state index contributed by atoms with van der Waals surface area (Å²) in [6.45, 7) is 0.860. The highest BCUT2D eigenvalue weighted by atomic mass is 16.3. The fraction of sp³-hybridized carbons (Fsp3) is 0.333. The first-order valence-electron chi connectivity index (χ1n) is 5.66. The van der Waals surface area contributed by atoms with E-state index >= 15 is 0 Å². The third-order valence-corrected chi connectivity index (χ3v) is 3.07. The van der Waals surface area contributed by atoms with Crippen LogP contribution in [0.1, 0.15) is 22.5 Å². The van der Waals surface area contributed by atoms with Gasteiger partial charge in [-0.1, -0.05) is 0 Å². The normalized spacial score (nSPS) is 18.7. The first-order valence-corrected chi connectivity index (χ1v) is 5.66. The molecule has 0 aromatic carbocycles. The molecule has 1 aliphatic rings. The first kappa shape index (κ1) is 10.1. The average molecular weight is 231 g/mol. The van der Waals surface area contributed by atoms with E-state index in [0.717, 1.165) is 19.4 Å². The lowest BCUT2D eigenvalue weighted by molar-refractivity contribution is 0.0929. The molecule has 0 saturated heterocycles. The van der Waals surface area contributed by atoms with Crippen molar-refractivity contribution in [2.45, 2.75) is 25.4 Å². The lowest BCUT2D eigenvalue weighted by Gasteiger charge is -2.24. The summed E-state index contributed by atoms with van der Waals surface area (Å²) in [5.41, 5.74) is 1.75. The van der Waals surface area contributed by atoms with Crippen LogP contribution in [0.25, 0.3) is 0 Å². The molecule has 2 aromatic rings. The molecule has 5 nitrogen and oxygen atoms in total. The molecule has 0 spiro atoms. The maximum atomic E-state index is 11.8. The predicted molar refractivity (Wildman–Crippen MR) is 60.5 cm³/mol. The zero-order valence-electron chi connectivity index (χ0n) is 9.30. The Labute approximate surface area is 98.4 Å². The second-order valence-electron chi connectivity index (χ2n) is 4.22. The van der Waals surface area contributed by atoms with Gasteiger partial charge in [-0.05, 0) is 18.6 Å². The van der Waals surface area contributed by atoms with Crippen molar-refractivity contribution in [2.24, 2.45) is 0 Å². The van der Waals surface area contributed by atoms with E-state index < -0.39 is 0 Å². The van der Waals surface area contributed by atoms with Crippen molar-refractivity contribution in [1.82, 2.24) is 15.1 Å². The molecule has 1 atom stereocenters. The zero-order chi connectivity index (χ0) is 11.7. The van der Waals surface area contributed by atoms with Crippen LogP contribution < -0.4 is 5.32 Å². The van der Waals surface area contributed by atoms with Crippen molar-refractivity contribution in [1.29, 1.82) is 0 Å². The van der Waals surface area contributed by atoms with Gasteiger partial charge in [0.2, 0.25) is 0 Å². The van der Waals surface area contributed by atoms with Gasteiger partial charge in [0.15, 0.2) is 0 Å². The number of hydrogen-bond donors (Lipinski definition) is 1. The van der Waals surface area contributed by atoms with Gasteiger partial charge in [0.1, 0.15) is 6.26 Å². The third-order valence-electron chi connectivity index (χ3n) is 3.07. The minimum atomic E-state index is -0.0725. The molecule has 5 heteroatoms. The maximum absolute atomic E-state index is 11.8. The van der Waals surface area contributed by atoms with Crippen LogP contribution in [-0.4, -0.2) is 21.7 Å². The number of aryl methyl sites for hydroxylation is 1. The SMILES string of the molecule is O=C(N[C@@H]1CCn2nccc2C1)c1ccoc1. The highest BCUT2D eigenvalue weighted by Crippen LogP contribution is 2.14. The number of rotatable bonds is 2. The molecule has 1 N–H and O–H groups in total. The number of fused-ring (bicyclic) bond motifs is 1. The monoisotopic (exact) mass is 231 g/mol. The minimum absolute atomic E-state index is 0.0725. The summed E-state index contributed by atoms with van der Waals surface area (Å²) in [7, 11) is 0. The molecule has 1 amide bonds. The molecule has 17 heavy (non-hydrogen) atoms. The number of nitrogens with one attached hydrogen (secondary N) is 1. The van der Waals surface area contributed by atoms with Gasteiger partial charge in [-0.3, -0.25) is 9.48 Å². The number of carbonyl (C=O) groups is 1. The highest BCUT2D eigenvalue weighted by molar-refractivity contribution is 5.93. The Kier molecular flexibility index (Phi) is 2.44. The van der Waals surface area contributed by atoms with Crippen molar-refractivity contribution in [2.75, 3.05) is 0 Å². The number of furan rings is 1. The molecular formula is C12H13N3O2. The average Bonchev–Trinajstić information content (AvgIpc) is 2.99. The third kappa shape index (κ3) is 1.95. The molecule has 3 heterocycles. The highest BCUT2D eigenvalue weighted by Gasteiger charge is 2.21. The van der Waals surface area contributed by atoms with E-state index in [2.05, 4.69) is 10.4 Å². The second-order valence-corrected chi connectivity index (χ2v) is 4.22. The van der Waals surface area contributed by atoms with E-state index in [1.165, 1.54) is 18.2 Å².